The molecular formula is C16H17NO3. The summed E-state index contributed by atoms with van der Waals surface area (Å²) in [5, 5.41) is 9.87. The van der Waals surface area contributed by atoms with Crippen LogP contribution in [-0.2, 0) is 17.8 Å². The van der Waals surface area contributed by atoms with E-state index in [1.165, 1.54) is 0 Å². The van der Waals surface area contributed by atoms with Crippen molar-refractivity contribution in [3.63, 3.8) is 0 Å². The topological polar surface area (TPSA) is 72.6 Å². The van der Waals surface area contributed by atoms with Gasteiger partial charge in [-0.25, -0.2) is 0 Å². The first-order chi connectivity index (χ1) is 9.65. The van der Waals surface area contributed by atoms with Crippen LogP contribution in [-0.4, -0.2) is 11.0 Å². The summed E-state index contributed by atoms with van der Waals surface area (Å²) in [4.78, 5) is 10.7. The molecule has 0 atom stereocenters. The smallest absolute Gasteiger partial charge is 0.217 e. The van der Waals surface area contributed by atoms with E-state index >= 15 is 0 Å². The van der Waals surface area contributed by atoms with Crippen molar-refractivity contribution in [1.29, 1.82) is 0 Å². The Hall–Kier alpha value is -2.49. The molecule has 0 spiro atoms. The van der Waals surface area contributed by atoms with Crippen LogP contribution in [0.25, 0.3) is 0 Å². The van der Waals surface area contributed by atoms with Crippen molar-refractivity contribution in [3.05, 3.63) is 59.7 Å². The van der Waals surface area contributed by atoms with E-state index < -0.39 is 0 Å². The molecule has 0 radical (unpaired) electrons. The number of ether oxygens (including phenoxy) is 1. The number of benzene rings is 2. The van der Waals surface area contributed by atoms with Crippen LogP contribution in [0.15, 0.2) is 48.5 Å². The molecular weight excluding hydrogens is 254 g/mol. The van der Waals surface area contributed by atoms with E-state index in [4.69, 9.17) is 10.5 Å². The zero-order valence-corrected chi connectivity index (χ0v) is 11.1. The van der Waals surface area contributed by atoms with Gasteiger partial charge in [-0.05, 0) is 23.6 Å². The number of phenols is 1. The number of nitrogens with two attached hydrogens (primary N) is 1. The minimum Gasteiger partial charge on any atom is -0.508 e. The third kappa shape index (κ3) is 4.02. The maximum absolute atomic E-state index is 10.7. The quantitative estimate of drug-likeness (QED) is 0.847. The molecule has 0 aromatic heterocycles. The highest BCUT2D eigenvalue weighted by Gasteiger charge is 2.05. The van der Waals surface area contributed by atoms with Crippen LogP contribution in [0.2, 0.25) is 0 Å². The second-order valence-corrected chi connectivity index (χ2v) is 4.53. The first-order valence-corrected chi connectivity index (χ1v) is 6.42. The first-order valence-electron chi connectivity index (χ1n) is 6.42. The average Bonchev–Trinajstić information content (AvgIpc) is 2.45. The van der Waals surface area contributed by atoms with Crippen LogP contribution in [0.4, 0.5) is 0 Å². The van der Waals surface area contributed by atoms with Crippen molar-refractivity contribution in [2.24, 2.45) is 5.73 Å². The summed E-state index contributed by atoms with van der Waals surface area (Å²) in [5.41, 5.74) is 6.84. The van der Waals surface area contributed by atoms with Crippen LogP contribution in [0.1, 0.15) is 17.5 Å². The Morgan fingerprint density at radius 1 is 1.15 bits per heavy atom. The summed E-state index contributed by atoms with van der Waals surface area (Å²) in [7, 11) is 0. The van der Waals surface area contributed by atoms with Crippen molar-refractivity contribution in [3.8, 4) is 11.5 Å². The predicted molar refractivity (Wildman–Crippen MR) is 76.4 cm³/mol. The summed E-state index contributed by atoms with van der Waals surface area (Å²) >= 11 is 0. The van der Waals surface area contributed by atoms with Crippen molar-refractivity contribution >= 4 is 5.91 Å². The highest BCUT2D eigenvalue weighted by atomic mass is 16.5. The normalized spacial score (nSPS) is 10.2. The van der Waals surface area contributed by atoms with Crippen molar-refractivity contribution < 1.29 is 14.6 Å². The average molecular weight is 271 g/mol. The lowest BCUT2D eigenvalue weighted by Crippen LogP contribution is -2.11. The number of aromatic hydroxyl groups is 1. The van der Waals surface area contributed by atoms with Crippen LogP contribution in [0.5, 0.6) is 11.5 Å². The molecule has 0 saturated heterocycles. The van der Waals surface area contributed by atoms with Crippen LogP contribution in [0.3, 0.4) is 0 Å². The third-order valence-electron chi connectivity index (χ3n) is 2.95. The fraction of sp³-hybridized carbons (Fsp3) is 0.188. The number of amides is 1. The van der Waals surface area contributed by atoms with Gasteiger partial charge in [0.2, 0.25) is 5.91 Å². The molecule has 2 aromatic rings. The number of primary amides is 1. The van der Waals surface area contributed by atoms with Crippen molar-refractivity contribution in [2.75, 3.05) is 0 Å². The Morgan fingerprint density at radius 2 is 1.90 bits per heavy atom. The molecule has 0 fully saturated rings. The molecule has 0 saturated carbocycles. The number of carbonyl (C=O) groups is 1. The van der Waals surface area contributed by atoms with Crippen LogP contribution < -0.4 is 10.5 Å². The SMILES string of the molecule is NC(=O)CCc1ccc(OCc2ccccc2)cc1O. The highest BCUT2D eigenvalue weighted by Crippen LogP contribution is 2.25. The second kappa shape index (κ2) is 6.61. The highest BCUT2D eigenvalue weighted by molar-refractivity contribution is 5.74. The molecule has 4 heteroatoms. The van der Waals surface area contributed by atoms with E-state index in [0.29, 0.717) is 24.3 Å². The Kier molecular flexibility index (Phi) is 4.60. The molecule has 104 valence electrons. The standard InChI is InChI=1S/C16H17NO3/c17-16(19)9-7-13-6-8-14(10-15(13)18)20-11-12-4-2-1-3-5-12/h1-6,8,10,18H,7,9,11H2,(H2,17,19). The number of carbonyl (C=O) groups excluding carboxylic acids is 1. The van der Waals surface area contributed by atoms with E-state index in [-0.39, 0.29) is 18.1 Å². The molecule has 0 bridgehead atoms. The van der Waals surface area contributed by atoms with Crippen LogP contribution in [0, 0.1) is 0 Å². The molecule has 0 heterocycles. The zero-order valence-electron chi connectivity index (χ0n) is 11.1. The lowest BCUT2D eigenvalue weighted by molar-refractivity contribution is -0.117. The monoisotopic (exact) mass is 271 g/mol. The van der Waals surface area contributed by atoms with Gasteiger partial charge in [0, 0.05) is 12.5 Å². The predicted octanol–water partition coefficient (Wildman–Crippen LogP) is 2.39. The van der Waals surface area contributed by atoms with E-state index in [9.17, 15) is 9.90 Å². The van der Waals surface area contributed by atoms with Gasteiger partial charge in [-0.2, -0.15) is 0 Å². The fourth-order valence-electron chi connectivity index (χ4n) is 1.84. The Morgan fingerprint density at radius 3 is 2.55 bits per heavy atom. The van der Waals surface area contributed by atoms with Crippen LogP contribution >= 0.6 is 0 Å². The van der Waals surface area contributed by atoms with Gasteiger partial charge in [0.25, 0.3) is 0 Å². The number of rotatable bonds is 6. The summed E-state index contributed by atoms with van der Waals surface area (Å²) in [6, 6.07) is 14.9. The van der Waals surface area contributed by atoms with Crippen molar-refractivity contribution in [2.45, 2.75) is 19.4 Å². The zero-order chi connectivity index (χ0) is 14.4. The summed E-state index contributed by atoms with van der Waals surface area (Å²) < 4.78 is 5.60. The summed E-state index contributed by atoms with van der Waals surface area (Å²) in [6.45, 7) is 0.445. The van der Waals surface area contributed by atoms with Gasteiger partial charge < -0.3 is 15.6 Å². The van der Waals surface area contributed by atoms with Gasteiger partial charge in [-0.15, -0.1) is 0 Å². The first kappa shape index (κ1) is 13.9. The molecule has 3 N–H and O–H groups in total. The molecule has 0 unspecified atom stereocenters. The minimum atomic E-state index is -0.381. The number of phenolic OH excluding ortho intramolecular Hbond substituents is 1. The van der Waals surface area contributed by atoms with E-state index in [0.717, 1.165) is 5.56 Å². The summed E-state index contributed by atoms with van der Waals surface area (Å²) in [6.07, 6.45) is 0.651. The Labute approximate surface area is 117 Å². The number of hydrogen-bond donors (Lipinski definition) is 2. The largest absolute Gasteiger partial charge is 0.508 e. The van der Waals surface area contributed by atoms with Gasteiger partial charge in [0.05, 0.1) is 0 Å². The van der Waals surface area contributed by atoms with E-state index in [1.807, 2.05) is 30.3 Å². The van der Waals surface area contributed by atoms with Gasteiger partial charge in [-0.3, -0.25) is 4.79 Å². The molecule has 0 aliphatic heterocycles. The lowest BCUT2D eigenvalue weighted by atomic mass is 10.1. The van der Waals surface area contributed by atoms with E-state index in [2.05, 4.69) is 0 Å². The molecule has 0 aliphatic carbocycles. The molecule has 1 amide bonds. The number of aryl methyl sites for hydroxylation is 1. The molecule has 20 heavy (non-hydrogen) atoms. The molecule has 4 nitrogen and oxygen atoms in total. The Balaban J connectivity index is 1.96. The van der Waals surface area contributed by atoms with E-state index in [1.54, 1.807) is 18.2 Å². The maximum atomic E-state index is 10.7. The maximum Gasteiger partial charge on any atom is 0.217 e. The van der Waals surface area contributed by atoms with Gasteiger partial charge in [0.15, 0.2) is 0 Å². The lowest BCUT2D eigenvalue weighted by Gasteiger charge is -2.09. The summed E-state index contributed by atoms with van der Waals surface area (Å²) in [5.74, 6) is 0.333. The molecule has 0 aliphatic rings. The Bertz CT molecular complexity index is 582. The number of hydrogen-bond acceptors (Lipinski definition) is 3. The minimum absolute atomic E-state index is 0.122. The third-order valence-corrected chi connectivity index (χ3v) is 2.95. The van der Waals surface area contributed by atoms with Gasteiger partial charge in [0.1, 0.15) is 18.1 Å². The fourth-order valence-corrected chi connectivity index (χ4v) is 1.84. The second-order valence-electron chi connectivity index (χ2n) is 4.53. The van der Waals surface area contributed by atoms with Gasteiger partial charge in [-0.1, -0.05) is 36.4 Å². The van der Waals surface area contributed by atoms with Gasteiger partial charge >= 0.3 is 0 Å². The van der Waals surface area contributed by atoms with Crippen molar-refractivity contribution in [1.82, 2.24) is 0 Å². The molecule has 2 rings (SSSR count). The molecule has 2 aromatic carbocycles.